The second kappa shape index (κ2) is 11.3. The maximum absolute atomic E-state index is 14.1. The Balaban J connectivity index is 1.53. The van der Waals surface area contributed by atoms with E-state index in [0.29, 0.717) is 23.0 Å². The number of carbonyl (C=O) groups excluding carboxylic acids is 1. The topological polar surface area (TPSA) is 88.8 Å². The number of benzene rings is 2. The predicted octanol–water partition coefficient (Wildman–Crippen LogP) is 7.55. The molecule has 5 rings (SSSR count). The van der Waals surface area contributed by atoms with Crippen molar-refractivity contribution < 1.29 is 18.0 Å². The molecule has 0 fully saturated rings. The molecule has 0 aliphatic rings. The summed E-state index contributed by atoms with van der Waals surface area (Å²) in [7, 11) is 0. The molecule has 0 radical (unpaired) electrons. The average Bonchev–Trinajstić information content (AvgIpc) is 3.40. The molecular weight excluding hydrogens is 555 g/mol. The highest BCUT2D eigenvalue weighted by Gasteiger charge is 2.35. The molecule has 0 saturated carbocycles. The number of nitrogens with zero attached hydrogens (tertiary/aromatic N) is 6. The Morgan fingerprint density at radius 2 is 1.74 bits per heavy atom. The molecule has 0 aliphatic carbocycles. The van der Waals surface area contributed by atoms with E-state index in [1.54, 1.807) is 82.8 Å². The normalized spacial score (nSPS) is 11.8. The lowest BCUT2D eigenvalue weighted by Gasteiger charge is -2.36. The minimum absolute atomic E-state index is 0.108. The maximum atomic E-state index is 14.1. The van der Waals surface area contributed by atoms with Crippen molar-refractivity contribution >= 4 is 23.2 Å². The van der Waals surface area contributed by atoms with Crippen LogP contribution in [0.2, 0.25) is 0 Å². The minimum atomic E-state index is -4.63. The summed E-state index contributed by atoms with van der Waals surface area (Å²) in [6.45, 7) is 8.94. The monoisotopic (exact) mass is 585 g/mol. The van der Waals surface area contributed by atoms with E-state index in [4.69, 9.17) is 0 Å². The third-order valence-corrected chi connectivity index (χ3v) is 6.72. The van der Waals surface area contributed by atoms with Gasteiger partial charge < -0.3 is 14.8 Å². The van der Waals surface area contributed by atoms with Crippen molar-refractivity contribution in [2.45, 2.75) is 46.3 Å². The molecule has 5 aromatic rings. The van der Waals surface area contributed by atoms with E-state index in [1.807, 2.05) is 19.1 Å². The molecule has 0 saturated heterocycles. The van der Waals surface area contributed by atoms with Crippen LogP contribution in [0.3, 0.4) is 0 Å². The Kier molecular flexibility index (Phi) is 7.74. The lowest BCUT2D eigenvalue weighted by Crippen LogP contribution is -2.46. The van der Waals surface area contributed by atoms with Gasteiger partial charge >= 0.3 is 6.18 Å². The van der Waals surface area contributed by atoms with Gasteiger partial charge in [0.2, 0.25) is 5.95 Å². The number of carbonyl (C=O) groups is 1. The molecule has 1 N–H and O–H groups in total. The fourth-order valence-electron chi connectivity index (χ4n) is 4.64. The first-order valence-electron chi connectivity index (χ1n) is 13.5. The summed E-state index contributed by atoms with van der Waals surface area (Å²) in [4.78, 5) is 32.7. The highest BCUT2D eigenvalue weighted by molar-refractivity contribution is 6.07. The van der Waals surface area contributed by atoms with Crippen LogP contribution in [0.25, 0.3) is 16.9 Å². The van der Waals surface area contributed by atoms with Crippen LogP contribution >= 0.6 is 0 Å². The molecule has 2 aromatic carbocycles. The Morgan fingerprint density at radius 3 is 2.40 bits per heavy atom. The zero-order valence-corrected chi connectivity index (χ0v) is 24.3. The summed E-state index contributed by atoms with van der Waals surface area (Å²) in [6.07, 6.45) is 3.45. The van der Waals surface area contributed by atoms with Gasteiger partial charge in [0, 0.05) is 58.5 Å². The highest BCUT2D eigenvalue weighted by Crippen LogP contribution is 2.37. The van der Waals surface area contributed by atoms with Crippen LogP contribution in [0.4, 0.5) is 30.5 Å². The van der Waals surface area contributed by atoms with Gasteiger partial charge in [0.15, 0.2) is 0 Å². The molecule has 0 atom stereocenters. The third-order valence-electron chi connectivity index (χ3n) is 6.72. The number of rotatable bonds is 6. The molecule has 0 aliphatic heterocycles. The fourth-order valence-corrected chi connectivity index (χ4v) is 4.64. The van der Waals surface area contributed by atoms with Crippen molar-refractivity contribution in [3.63, 3.8) is 0 Å². The Bertz CT molecular complexity index is 1780. The third kappa shape index (κ3) is 6.56. The zero-order chi connectivity index (χ0) is 30.9. The van der Waals surface area contributed by atoms with Crippen molar-refractivity contribution in [2.75, 3.05) is 10.2 Å². The van der Waals surface area contributed by atoms with Crippen molar-refractivity contribution in [1.82, 2.24) is 24.5 Å². The number of hydrogen-bond donors (Lipinski definition) is 1. The first kappa shape index (κ1) is 29.4. The second-order valence-electron chi connectivity index (χ2n) is 11.1. The number of nitrogens with one attached hydrogen (secondary N) is 1. The van der Waals surface area contributed by atoms with Gasteiger partial charge in [0.1, 0.15) is 0 Å². The van der Waals surface area contributed by atoms with E-state index in [2.05, 4.69) is 25.3 Å². The number of halogens is 3. The molecule has 0 unspecified atom stereocenters. The number of hydrogen-bond acceptors (Lipinski definition) is 6. The lowest BCUT2D eigenvalue weighted by atomic mass is 10.00. The van der Waals surface area contributed by atoms with E-state index in [9.17, 15) is 18.0 Å². The summed E-state index contributed by atoms with van der Waals surface area (Å²) in [5.74, 6) is -0.146. The van der Waals surface area contributed by atoms with Crippen molar-refractivity contribution in [1.29, 1.82) is 0 Å². The van der Waals surface area contributed by atoms with Gasteiger partial charge in [-0.1, -0.05) is 6.07 Å². The molecule has 11 heteroatoms. The van der Waals surface area contributed by atoms with Crippen molar-refractivity contribution in [3.05, 3.63) is 108 Å². The molecule has 0 spiro atoms. The first-order chi connectivity index (χ1) is 20.3. The molecule has 1 amide bonds. The summed E-state index contributed by atoms with van der Waals surface area (Å²) < 4.78 is 43.6. The van der Waals surface area contributed by atoms with Crippen LogP contribution < -0.4 is 10.2 Å². The molecular formula is C32H30F3N7O. The molecule has 220 valence electrons. The van der Waals surface area contributed by atoms with Crippen LogP contribution in [-0.4, -0.2) is 35.9 Å². The SMILES string of the molecule is Cc1cn(-c2cc(N(C(=O)c3ccc(C)c(Nc4nccc(-c5cccnc5)n4)c3)C(C)(C)C)cc(C(F)(F)F)c2)cn1. The molecule has 8 nitrogen and oxygen atoms in total. The van der Waals surface area contributed by atoms with Crippen LogP contribution in [0, 0.1) is 13.8 Å². The summed E-state index contributed by atoms with van der Waals surface area (Å²) in [6, 6.07) is 14.2. The Morgan fingerprint density at radius 1 is 0.953 bits per heavy atom. The van der Waals surface area contributed by atoms with Gasteiger partial charge in [-0.3, -0.25) is 9.78 Å². The molecule has 43 heavy (non-hydrogen) atoms. The standard InChI is InChI=1S/C32H30F3N7O/c1-20-8-9-22(13-28(20)40-30-37-12-10-27(39-30)23-7-6-11-36-17-23)29(43)42(31(3,4)5)26-15-24(32(33,34)35)14-25(16-26)41-18-21(2)38-19-41/h6-19H,1-5H3,(H,37,39,40). The van der Waals surface area contributed by atoms with Gasteiger partial charge in [0.25, 0.3) is 5.91 Å². The molecule has 3 heterocycles. The number of aromatic nitrogens is 5. The van der Waals surface area contributed by atoms with Crippen LogP contribution in [0.1, 0.15) is 48.0 Å². The van der Waals surface area contributed by atoms with E-state index < -0.39 is 23.2 Å². The zero-order valence-electron chi connectivity index (χ0n) is 24.3. The Hall–Kier alpha value is -5.06. The number of anilines is 3. The number of alkyl halides is 3. The summed E-state index contributed by atoms with van der Waals surface area (Å²) in [5, 5.41) is 3.18. The minimum Gasteiger partial charge on any atom is -0.324 e. The van der Waals surface area contributed by atoms with Crippen LogP contribution in [0.5, 0.6) is 0 Å². The smallest absolute Gasteiger partial charge is 0.324 e. The van der Waals surface area contributed by atoms with Crippen LogP contribution in [0.15, 0.2) is 85.7 Å². The summed E-state index contributed by atoms with van der Waals surface area (Å²) in [5.41, 5.74) is 2.44. The average molecular weight is 586 g/mol. The number of aryl methyl sites for hydroxylation is 2. The van der Waals surface area contributed by atoms with Gasteiger partial charge in [-0.15, -0.1) is 0 Å². The lowest BCUT2D eigenvalue weighted by molar-refractivity contribution is -0.137. The van der Waals surface area contributed by atoms with Gasteiger partial charge in [-0.25, -0.2) is 15.0 Å². The van der Waals surface area contributed by atoms with Crippen molar-refractivity contribution in [2.24, 2.45) is 0 Å². The van der Waals surface area contributed by atoms with E-state index >= 15 is 0 Å². The largest absolute Gasteiger partial charge is 0.416 e. The second-order valence-corrected chi connectivity index (χ2v) is 11.1. The number of imidazole rings is 1. The van der Waals surface area contributed by atoms with Gasteiger partial charge in [0.05, 0.1) is 23.3 Å². The molecule has 3 aromatic heterocycles. The summed E-state index contributed by atoms with van der Waals surface area (Å²) >= 11 is 0. The number of pyridine rings is 1. The quantitative estimate of drug-likeness (QED) is 0.221. The highest BCUT2D eigenvalue weighted by atomic mass is 19.4. The van der Waals surface area contributed by atoms with Crippen LogP contribution in [-0.2, 0) is 6.18 Å². The predicted molar refractivity (Wildman–Crippen MR) is 160 cm³/mol. The van der Waals surface area contributed by atoms with E-state index in [1.165, 1.54) is 15.8 Å². The van der Waals surface area contributed by atoms with Gasteiger partial charge in [-0.2, -0.15) is 13.2 Å². The maximum Gasteiger partial charge on any atom is 0.416 e. The van der Waals surface area contributed by atoms with E-state index in [0.717, 1.165) is 23.3 Å². The molecule has 0 bridgehead atoms. The fraction of sp³-hybridized carbons (Fsp3) is 0.219. The number of amides is 1. The van der Waals surface area contributed by atoms with Gasteiger partial charge in [-0.05, 0) is 88.7 Å². The van der Waals surface area contributed by atoms with Crippen molar-refractivity contribution in [3.8, 4) is 16.9 Å². The van der Waals surface area contributed by atoms with E-state index in [-0.39, 0.29) is 16.9 Å². The Labute approximate surface area is 247 Å². The first-order valence-corrected chi connectivity index (χ1v) is 13.5.